The van der Waals surface area contributed by atoms with Gasteiger partial charge in [-0.2, -0.15) is 0 Å². The minimum atomic E-state index is -0.492. The third-order valence-corrected chi connectivity index (χ3v) is 14.4. The molecule has 4 aromatic rings. The first kappa shape index (κ1) is 49.1. The molecular formula is C58H84O4. The Bertz CT molecular complexity index is 1930. The maximum absolute atomic E-state index is 12.4. The maximum atomic E-state index is 12.4. The number of unbranched alkanes of at least 4 members (excludes halogenated alkanes) is 6. The predicted molar refractivity (Wildman–Crippen MR) is 263 cm³/mol. The molecule has 0 spiro atoms. The summed E-state index contributed by atoms with van der Waals surface area (Å²) in [7, 11) is 0. The first-order valence-electron chi connectivity index (χ1n) is 24.0. The maximum Gasteiger partial charge on any atom is 0.122 e. The van der Waals surface area contributed by atoms with Crippen LogP contribution in [0.2, 0.25) is 0 Å². The fraction of sp³-hybridized carbons (Fsp3) is 0.586. The molecule has 62 heavy (non-hydrogen) atoms. The molecular weight excluding hydrogens is 761 g/mol. The Hall–Kier alpha value is -3.92. The predicted octanol–water partition coefficient (Wildman–Crippen LogP) is 15.7. The number of phenols is 4. The van der Waals surface area contributed by atoms with Crippen molar-refractivity contribution in [1.29, 1.82) is 0 Å². The zero-order valence-corrected chi connectivity index (χ0v) is 41.9. The van der Waals surface area contributed by atoms with E-state index >= 15 is 0 Å². The minimum Gasteiger partial charge on any atom is -0.507 e. The van der Waals surface area contributed by atoms with E-state index in [1.165, 1.54) is 0 Å². The molecule has 5 rings (SSSR count). The number of hydrogen-bond donors (Lipinski definition) is 4. The van der Waals surface area contributed by atoms with Crippen molar-refractivity contribution in [2.45, 2.75) is 220 Å². The molecule has 1 aliphatic carbocycles. The average molecular weight is 845 g/mol. The molecule has 8 bridgehead atoms. The molecule has 0 heterocycles. The van der Waals surface area contributed by atoms with Crippen LogP contribution in [0.5, 0.6) is 23.0 Å². The van der Waals surface area contributed by atoms with Crippen molar-refractivity contribution in [2.24, 2.45) is 0 Å². The molecule has 4 heteroatoms. The molecule has 0 radical (unpaired) electrons. The molecule has 0 saturated heterocycles. The van der Waals surface area contributed by atoms with Gasteiger partial charge >= 0.3 is 0 Å². The summed E-state index contributed by atoms with van der Waals surface area (Å²) < 4.78 is 0. The highest BCUT2D eigenvalue weighted by atomic mass is 16.3. The van der Waals surface area contributed by atoms with E-state index in [1.807, 2.05) is 0 Å². The van der Waals surface area contributed by atoms with E-state index in [4.69, 9.17) is 0 Å². The third kappa shape index (κ3) is 10.1. The Kier molecular flexibility index (Phi) is 14.2. The molecule has 340 valence electrons. The molecule has 0 atom stereocenters. The summed E-state index contributed by atoms with van der Waals surface area (Å²) in [6, 6.07) is 17.8. The fourth-order valence-corrected chi connectivity index (χ4v) is 10.0. The van der Waals surface area contributed by atoms with Crippen molar-refractivity contribution >= 4 is 0 Å². The van der Waals surface area contributed by atoms with Crippen LogP contribution in [0.3, 0.4) is 0 Å². The molecule has 4 nitrogen and oxygen atoms in total. The molecule has 0 saturated carbocycles. The van der Waals surface area contributed by atoms with E-state index in [-0.39, 0.29) is 21.7 Å². The van der Waals surface area contributed by atoms with Gasteiger partial charge in [0.15, 0.2) is 0 Å². The van der Waals surface area contributed by atoms with Gasteiger partial charge in [-0.15, -0.1) is 0 Å². The Morgan fingerprint density at radius 1 is 0.371 bits per heavy atom. The summed E-state index contributed by atoms with van der Waals surface area (Å²) in [6.45, 7) is 35.2. The van der Waals surface area contributed by atoms with Gasteiger partial charge in [-0.25, -0.2) is 0 Å². The summed E-state index contributed by atoms with van der Waals surface area (Å²) in [6.07, 6.45) is 11.4. The van der Waals surface area contributed by atoms with E-state index < -0.39 is 10.8 Å². The topological polar surface area (TPSA) is 80.9 Å². The second-order valence-electron chi connectivity index (χ2n) is 23.8. The van der Waals surface area contributed by atoms with E-state index in [0.29, 0.717) is 35.8 Å². The second-order valence-corrected chi connectivity index (χ2v) is 23.8. The number of fused-ring (bicyclic) bond motifs is 8. The lowest BCUT2D eigenvalue weighted by Crippen LogP contribution is -2.28. The summed E-state index contributed by atoms with van der Waals surface area (Å²) in [5.41, 5.74) is 8.89. The summed E-state index contributed by atoms with van der Waals surface area (Å²) >= 11 is 0. The van der Waals surface area contributed by atoms with Crippen molar-refractivity contribution in [2.75, 3.05) is 0 Å². The molecule has 1 aliphatic rings. The SMILES string of the molecule is CCCCCCC1(C)c2cc(c(O)c(C(C)(C)C)c2)Cc2cc(cc(C(C)(C)C)c2O)C(C)(CCCCCC)c2cc(c(O)c(C(C)(C)C)c2)Cc2cc1cc(C(C)(C)C)c2O. The first-order chi connectivity index (χ1) is 28.6. The summed E-state index contributed by atoms with van der Waals surface area (Å²) in [4.78, 5) is 0. The van der Waals surface area contributed by atoms with Gasteiger partial charge in [-0.3, -0.25) is 0 Å². The van der Waals surface area contributed by atoms with Crippen LogP contribution < -0.4 is 0 Å². The van der Waals surface area contributed by atoms with Crippen molar-refractivity contribution < 1.29 is 20.4 Å². The molecule has 0 aliphatic heterocycles. The Balaban J connectivity index is 2.04. The lowest BCUT2D eigenvalue weighted by atomic mass is 9.67. The number of phenolic OH excluding ortho intramolecular Hbond substituents is 4. The highest BCUT2D eigenvalue weighted by Gasteiger charge is 2.38. The number of benzene rings is 4. The highest BCUT2D eigenvalue weighted by molar-refractivity contribution is 5.61. The molecule has 0 unspecified atom stereocenters. The van der Waals surface area contributed by atoms with Crippen LogP contribution in [0, 0.1) is 0 Å². The van der Waals surface area contributed by atoms with Crippen LogP contribution >= 0.6 is 0 Å². The van der Waals surface area contributed by atoms with E-state index in [2.05, 4.69) is 159 Å². The molecule has 0 fully saturated rings. The molecule has 0 aromatic heterocycles. The quantitative estimate of drug-likeness (QED) is 0.120. The third-order valence-electron chi connectivity index (χ3n) is 14.4. The fourth-order valence-electron chi connectivity index (χ4n) is 10.0. The van der Waals surface area contributed by atoms with Gasteiger partial charge in [0.25, 0.3) is 0 Å². The Morgan fingerprint density at radius 3 is 0.790 bits per heavy atom. The monoisotopic (exact) mass is 845 g/mol. The van der Waals surface area contributed by atoms with Crippen LogP contribution in [0.15, 0.2) is 48.5 Å². The van der Waals surface area contributed by atoms with Crippen molar-refractivity contribution in [3.63, 3.8) is 0 Å². The number of aromatic hydroxyl groups is 4. The summed E-state index contributed by atoms with van der Waals surface area (Å²) in [5.74, 6) is 1.17. The highest BCUT2D eigenvalue weighted by Crippen LogP contribution is 2.50. The normalized spacial score (nSPS) is 18.6. The smallest absolute Gasteiger partial charge is 0.122 e. The minimum absolute atomic E-state index is 0.292. The van der Waals surface area contributed by atoms with Gasteiger partial charge in [0.1, 0.15) is 23.0 Å². The van der Waals surface area contributed by atoms with E-state index in [9.17, 15) is 20.4 Å². The first-order valence-corrected chi connectivity index (χ1v) is 24.0. The van der Waals surface area contributed by atoms with Gasteiger partial charge in [-0.1, -0.05) is 211 Å². The van der Waals surface area contributed by atoms with Crippen molar-refractivity contribution in [1.82, 2.24) is 0 Å². The molecule has 4 aromatic carbocycles. The van der Waals surface area contributed by atoms with Gasteiger partial charge in [0, 0.05) is 23.7 Å². The zero-order valence-electron chi connectivity index (χ0n) is 41.9. The molecule has 0 amide bonds. The van der Waals surface area contributed by atoms with Crippen LogP contribution in [-0.2, 0) is 45.3 Å². The second kappa shape index (κ2) is 17.9. The van der Waals surface area contributed by atoms with Crippen LogP contribution in [0.1, 0.15) is 242 Å². The van der Waals surface area contributed by atoms with Crippen molar-refractivity contribution in [3.05, 3.63) is 115 Å². The van der Waals surface area contributed by atoms with Gasteiger partial charge in [-0.05, 0) is 101 Å². The van der Waals surface area contributed by atoms with Crippen molar-refractivity contribution in [3.8, 4) is 23.0 Å². The number of hydrogen-bond acceptors (Lipinski definition) is 4. The van der Waals surface area contributed by atoms with Gasteiger partial charge < -0.3 is 20.4 Å². The van der Waals surface area contributed by atoms with Gasteiger partial charge in [0.2, 0.25) is 0 Å². The zero-order chi connectivity index (χ0) is 46.4. The van der Waals surface area contributed by atoms with Gasteiger partial charge in [0.05, 0.1) is 0 Å². The van der Waals surface area contributed by atoms with Crippen LogP contribution in [0.4, 0.5) is 0 Å². The standard InChI is InChI=1S/C58H84O4/c1-17-19-21-23-25-57(15)41-29-37(49(59)45(33-41)53(3,4)5)27-39-31-43(35-47(51(39)61)55(9,10)11)58(16,26-24-22-20-18-2)44-32-40(52(62)48(36-44)56(12,13)14)28-38-30-42(57)34-46(50(38)60)54(6,7)8/h29-36,59-62H,17-28H2,1-16H3. The van der Waals surface area contributed by atoms with E-state index in [0.717, 1.165) is 131 Å². The average Bonchev–Trinajstić information content (AvgIpc) is 3.15. The Morgan fingerprint density at radius 2 is 0.597 bits per heavy atom. The largest absolute Gasteiger partial charge is 0.507 e. The molecule has 4 N–H and O–H groups in total. The lowest BCUT2D eigenvalue weighted by Gasteiger charge is -2.37. The van der Waals surface area contributed by atoms with Crippen LogP contribution in [0.25, 0.3) is 0 Å². The lowest BCUT2D eigenvalue weighted by molar-refractivity contribution is 0.426. The Labute approximate surface area is 377 Å². The number of rotatable bonds is 10. The summed E-state index contributed by atoms with van der Waals surface area (Å²) in [5, 5.41) is 49.7. The van der Waals surface area contributed by atoms with Crippen LogP contribution in [-0.4, -0.2) is 20.4 Å². The van der Waals surface area contributed by atoms with E-state index in [1.54, 1.807) is 0 Å².